The van der Waals surface area contributed by atoms with Crippen LogP contribution >= 0.6 is 11.8 Å². The zero-order valence-corrected chi connectivity index (χ0v) is 27.2. The van der Waals surface area contributed by atoms with E-state index in [0.29, 0.717) is 48.4 Å². The Morgan fingerprint density at radius 3 is 2.26 bits per heavy atom. The molecule has 1 saturated heterocycles. The fourth-order valence-electron chi connectivity index (χ4n) is 4.85. The Hall–Kier alpha value is -3.79. The molecule has 43 heavy (non-hydrogen) atoms. The van der Waals surface area contributed by atoms with E-state index in [1.165, 1.54) is 0 Å². The normalized spacial score (nSPS) is 13.6. The largest absolute Gasteiger partial charge is 0.493 e. The summed E-state index contributed by atoms with van der Waals surface area (Å²) in [6.07, 6.45) is 0.818. The average molecular weight is 606 g/mol. The minimum Gasteiger partial charge on any atom is -0.493 e. The lowest BCUT2D eigenvalue weighted by Crippen LogP contribution is -2.50. The van der Waals surface area contributed by atoms with Crippen LogP contribution in [0.25, 0.3) is 0 Å². The highest BCUT2D eigenvalue weighted by molar-refractivity contribution is 7.98. The van der Waals surface area contributed by atoms with Gasteiger partial charge in [0.15, 0.2) is 16.7 Å². The van der Waals surface area contributed by atoms with E-state index in [9.17, 15) is 9.59 Å². The highest BCUT2D eigenvalue weighted by Gasteiger charge is 2.24. The lowest BCUT2D eigenvalue weighted by molar-refractivity contribution is -0.130. The first-order valence-electron chi connectivity index (χ1n) is 14.6. The summed E-state index contributed by atoms with van der Waals surface area (Å²) in [7, 11) is 5.34. The number of carbonyl (C=O) groups is 2. The maximum Gasteiger partial charge on any atom is 0.253 e. The summed E-state index contributed by atoms with van der Waals surface area (Å²) >= 11 is 1.57. The molecule has 230 valence electrons. The van der Waals surface area contributed by atoms with Gasteiger partial charge in [0.2, 0.25) is 5.91 Å². The van der Waals surface area contributed by atoms with E-state index in [2.05, 4.69) is 44.9 Å². The second-order valence-electron chi connectivity index (χ2n) is 11.8. The highest BCUT2D eigenvalue weighted by atomic mass is 32.2. The Morgan fingerprint density at radius 2 is 1.60 bits per heavy atom. The van der Waals surface area contributed by atoms with Crippen molar-refractivity contribution in [2.75, 3.05) is 58.9 Å². The maximum atomic E-state index is 13.2. The molecule has 2 amide bonds. The number of anilines is 1. The van der Waals surface area contributed by atoms with E-state index in [-0.39, 0.29) is 17.2 Å². The topological polar surface area (TPSA) is 88.1 Å². The molecule has 1 aliphatic rings. The van der Waals surface area contributed by atoms with Gasteiger partial charge < -0.3 is 24.2 Å². The van der Waals surface area contributed by atoms with Gasteiger partial charge in [0.25, 0.3) is 5.91 Å². The van der Waals surface area contributed by atoms with Crippen molar-refractivity contribution in [2.24, 2.45) is 0 Å². The zero-order valence-electron chi connectivity index (χ0n) is 26.3. The first kappa shape index (κ1) is 32.1. The van der Waals surface area contributed by atoms with E-state index in [1.807, 2.05) is 41.3 Å². The van der Waals surface area contributed by atoms with Gasteiger partial charge in [0, 0.05) is 69.5 Å². The number of carbonyl (C=O) groups excluding carboxylic acids is 2. The molecular weight excluding hydrogens is 562 g/mol. The first-order chi connectivity index (χ1) is 20.5. The van der Waals surface area contributed by atoms with Crippen LogP contribution in [0.4, 0.5) is 5.82 Å². The predicted octanol–water partition coefficient (Wildman–Crippen LogP) is 5.07. The number of piperazine rings is 1. The average Bonchev–Trinajstić information content (AvgIpc) is 3.01. The molecule has 10 heteroatoms. The number of aromatic nitrogens is 2. The van der Waals surface area contributed by atoms with Crippen molar-refractivity contribution in [2.45, 2.75) is 50.4 Å². The summed E-state index contributed by atoms with van der Waals surface area (Å²) in [5, 5.41) is 0.706. The van der Waals surface area contributed by atoms with Crippen LogP contribution in [0.2, 0.25) is 0 Å². The van der Waals surface area contributed by atoms with E-state index >= 15 is 0 Å². The van der Waals surface area contributed by atoms with Gasteiger partial charge in [0.05, 0.1) is 19.9 Å². The highest BCUT2D eigenvalue weighted by Crippen LogP contribution is 2.30. The maximum absolute atomic E-state index is 13.2. The number of hydrogen-bond acceptors (Lipinski definition) is 8. The Balaban J connectivity index is 1.44. The molecule has 0 atom stereocenters. The molecule has 1 aliphatic heterocycles. The number of methoxy groups -OCH3 is 2. The van der Waals surface area contributed by atoms with Crippen LogP contribution in [0.3, 0.4) is 0 Å². The van der Waals surface area contributed by atoms with Gasteiger partial charge in [-0.1, -0.05) is 50.7 Å². The molecule has 0 radical (unpaired) electrons. The second kappa shape index (κ2) is 14.1. The van der Waals surface area contributed by atoms with Gasteiger partial charge in [0.1, 0.15) is 5.82 Å². The molecule has 0 spiro atoms. The Labute approximate surface area is 259 Å². The lowest BCUT2D eigenvalue weighted by atomic mass is 9.92. The molecule has 2 aromatic carbocycles. The smallest absolute Gasteiger partial charge is 0.253 e. The monoisotopic (exact) mass is 605 g/mol. The van der Waals surface area contributed by atoms with Crippen molar-refractivity contribution in [3.05, 3.63) is 70.9 Å². The molecule has 0 aliphatic carbocycles. The first-order valence-corrected chi connectivity index (χ1v) is 15.5. The number of hydrogen-bond donors (Lipinski definition) is 0. The van der Waals surface area contributed by atoms with Gasteiger partial charge in [-0.15, -0.1) is 0 Å². The molecule has 0 saturated carbocycles. The van der Waals surface area contributed by atoms with Crippen molar-refractivity contribution >= 4 is 29.4 Å². The van der Waals surface area contributed by atoms with Crippen LogP contribution in [0, 0.1) is 0 Å². The van der Waals surface area contributed by atoms with Gasteiger partial charge in [-0.2, -0.15) is 0 Å². The number of thioether (sulfide) groups is 1. The van der Waals surface area contributed by atoms with Crippen molar-refractivity contribution in [3.8, 4) is 11.5 Å². The van der Waals surface area contributed by atoms with Crippen LogP contribution < -0.4 is 14.4 Å². The molecule has 2 heterocycles. The number of amides is 2. The van der Waals surface area contributed by atoms with Gasteiger partial charge in [-0.05, 0) is 41.8 Å². The fraction of sp³-hybridized carbons (Fsp3) is 0.455. The van der Waals surface area contributed by atoms with Crippen molar-refractivity contribution in [1.29, 1.82) is 0 Å². The molecule has 1 aromatic heterocycles. The van der Waals surface area contributed by atoms with Crippen molar-refractivity contribution in [3.63, 3.8) is 0 Å². The molecular formula is C33H43N5O4S. The third-order valence-corrected chi connectivity index (χ3v) is 8.51. The predicted molar refractivity (Wildman–Crippen MR) is 171 cm³/mol. The summed E-state index contributed by atoms with van der Waals surface area (Å²) < 4.78 is 10.8. The van der Waals surface area contributed by atoms with Crippen molar-refractivity contribution in [1.82, 2.24) is 19.8 Å². The van der Waals surface area contributed by atoms with E-state index < -0.39 is 0 Å². The number of benzene rings is 2. The molecule has 3 aromatic rings. The van der Waals surface area contributed by atoms with Gasteiger partial charge in [-0.3, -0.25) is 9.59 Å². The van der Waals surface area contributed by atoms with Crippen LogP contribution in [-0.4, -0.2) is 85.6 Å². The Morgan fingerprint density at radius 1 is 0.907 bits per heavy atom. The molecule has 0 bridgehead atoms. The molecule has 4 rings (SSSR count). The third kappa shape index (κ3) is 8.40. The van der Waals surface area contributed by atoms with E-state index in [4.69, 9.17) is 19.4 Å². The SMILES string of the molecule is COc1ccc(CCN(C)c2cc(C(C)(C)C)nc(SCc3cccc(C(=O)N4CCN(C(C)=O)CC4)c3)n2)cc1OC. The summed E-state index contributed by atoms with van der Waals surface area (Å²) in [5.41, 5.74) is 3.68. The molecule has 1 fully saturated rings. The Kier molecular flexibility index (Phi) is 10.6. The van der Waals surface area contributed by atoms with Crippen molar-refractivity contribution < 1.29 is 19.1 Å². The second-order valence-corrected chi connectivity index (χ2v) is 12.7. The summed E-state index contributed by atoms with van der Waals surface area (Å²) in [4.78, 5) is 40.4. The van der Waals surface area contributed by atoms with Gasteiger partial charge in [-0.25, -0.2) is 9.97 Å². The standard InChI is InChI=1S/C33H43N5O4S/c1-23(39)37-15-17-38(18-16-37)31(40)26-10-8-9-25(19-26)22-43-32-34-29(33(2,3)4)21-30(35-32)36(5)14-13-24-11-12-27(41-6)28(20-24)42-7/h8-12,19-21H,13-18,22H2,1-7H3. The lowest BCUT2D eigenvalue weighted by Gasteiger charge is -2.34. The number of ether oxygens (including phenoxy) is 2. The number of nitrogens with zero attached hydrogens (tertiary/aromatic N) is 5. The number of rotatable bonds is 10. The minimum atomic E-state index is -0.143. The molecule has 0 N–H and O–H groups in total. The van der Waals surface area contributed by atoms with E-state index in [0.717, 1.165) is 41.4 Å². The van der Waals surface area contributed by atoms with Crippen LogP contribution in [0.5, 0.6) is 11.5 Å². The molecule has 0 unspecified atom stereocenters. The molecule has 9 nitrogen and oxygen atoms in total. The zero-order chi connectivity index (χ0) is 31.1. The van der Waals surface area contributed by atoms with Crippen LogP contribution in [-0.2, 0) is 22.4 Å². The van der Waals surface area contributed by atoms with E-state index in [1.54, 1.807) is 37.8 Å². The minimum absolute atomic E-state index is 0.000534. The fourth-order valence-corrected chi connectivity index (χ4v) is 5.65. The summed E-state index contributed by atoms with van der Waals surface area (Å²) in [6, 6.07) is 15.8. The van der Waals surface area contributed by atoms with Crippen LogP contribution in [0.1, 0.15) is 54.9 Å². The number of likely N-dealkylation sites (N-methyl/N-ethyl adjacent to an activating group) is 1. The third-order valence-electron chi connectivity index (χ3n) is 7.59. The summed E-state index contributed by atoms with van der Waals surface area (Å²) in [5.74, 6) is 3.00. The van der Waals surface area contributed by atoms with Gasteiger partial charge >= 0.3 is 0 Å². The van der Waals surface area contributed by atoms with Crippen LogP contribution in [0.15, 0.2) is 53.7 Å². The Bertz CT molecular complexity index is 1430. The summed E-state index contributed by atoms with van der Waals surface area (Å²) in [6.45, 7) is 11.0. The quantitative estimate of drug-likeness (QED) is 0.234.